The summed E-state index contributed by atoms with van der Waals surface area (Å²) in [5.74, 6) is 0.897. The summed E-state index contributed by atoms with van der Waals surface area (Å²) in [6, 6.07) is 0. The van der Waals surface area contributed by atoms with Crippen molar-refractivity contribution in [3.05, 3.63) is 11.0 Å². The molecule has 2 aromatic heterocycles. The molecule has 0 bridgehead atoms. The molecule has 0 atom stereocenters. The Labute approximate surface area is 91.5 Å². The van der Waals surface area contributed by atoms with Crippen molar-refractivity contribution in [2.45, 2.75) is 25.8 Å². The van der Waals surface area contributed by atoms with Gasteiger partial charge in [-0.1, -0.05) is 30.3 Å². The smallest absolute Gasteiger partial charge is 0.166 e. The van der Waals surface area contributed by atoms with E-state index in [1.165, 1.54) is 19.3 Å². The van der Waals surface area contributed by atoms with Gasteiger partial charge in [-0.2, -0.15) is 0 Å². The third-order valence-electron chi connectivity index (χ3n) is 2.77. The molecule has 0 aliphatic heterocycles. The quantitative estimate of drug-likeness (QED) is 0.801. The standard InChI is InChI=1S/C9H11N5S/c15-9-7-8(10-5-11-9)14(13-12-7)4-3-6-1-2-6/h5-6H,1-4H2,(H,10,11,15). The number of aromatic nitrogens is 5. The number of nitrogens with zero attached hydrogens (tertiary/aromatic N) is 4. The number of aryl methyl sites for hydroxylation is 1. The zero-order valence-electron chi connectivity index (χ0n) is 8.18. The van der Waals surface area contributed by atoms with Gasteiger partial charge in [0.1, 0.15) is 0 Å². The summed E-state index contributed by atoms with van der Waals surface area (Å²) in [5, 5.41) is 8.12. The van der Waals surface area contributed by atoms with Crippen LogP contribution in [0.4, 0.5) is 0 Å². The molecule has 78 valence electrons. The molecule has 1 aliphatic carbocycles. The van der Waals surface area contributed by atoms with Crippen molar-refractivity contribution in [1.82, 2.24) is 25.0 Å². The van der Waals surface area contributed by atoms with Crippen molar-refractivity contribution in [1.29, 1.82) is 0 Å². The fourth-order valence-corrected chi connectivity index (χ4v) is 1.87. The Morgan fingerprint density at radius 3 is 3.20 bits per heavy atom. The van der Waals surface area contributed by atoms with E-state index >= 15 is 0 Å². The fourth-order valence-electron chi connectivity index (χ4n) is 1.68. The molecule has 3 rings (SSSR count). The van der Waals surface area contributed by atoms with Gasteiger partial charge in [0.25, 0.3) is 0 Å². The van der Waals surface area contributed by atoms with Crippen molar-refractivity contribution < 1.29 is 0 Å². The van der Waals surface area contributed by atoms with E-state index < -0.39 is 0 Å². The van der Waals surface area contributed by atoms with Gasteiger partial charge in [-0.3, -0.25) is 0 Å². The average molecular weight is 221 g/mol. The molecule has 6 heteroatoms. The molecule has 0 spiro atoms. The molecule has 0 saturated heterocycles. The van der Waals surface area contributed by atoms with Crippen LogP contribution in [0.1, 0.15) is 19.3 Å². The van der Waals surface area contributed by atoms with Crippen LogP contribution in [0, 0.1) is 10.6 Å². The summed E-state index contributed by atoms with van der Waals surface area (Å²) in [4.78, 5) is 7.02. The third kappa shape index (κ3) is 1.65. The van der Waals surface area contributed by atoms with E-state index in [0.29, 0.717) is 10.2 Å². The van der Waals surface area contributed by atoms with Crippen LogP contribution in [0.15, 0.2) is 6.33 Å². The van der Waals surface area contributed by atoms with Gasteiger partial charge < -0.3 is 4.98 Å². The van der Waals surface area contributed by atoms with Gasteiger partial charge in [-0.05, 0) is 12.3 Å². The van der Waals surface area contributed by atoms with Crippen molar-refractivity contribution in [3.8, 4) is 0 Å². The van der Waals surface area contributed by atoms with Crippen LogP contribution in [0.5, 0.6) is 0 Å². The van der Waals surface area contributed by atoms with Crippen LogP contribution in [0.25, 0.3) is 11.2 Å². The van der Waals surface area contributed by atoms with Gasteiger partial charge in [-0.25, -0.2) is 9.67 Å². The molecule has 1 N–H and O–H groups in total. The van der Waals surface area contributed by atoms with E-state index in [2.05, 4.69) is 20.3 Å². The second-order valence-corrected chi connectivity index (χ2v) is 4.34. The average Bonchev–Trinajstić information content (AvgIpc) is 2.97. The van der Waals surface area contributed by atoms with E-state index in [1.807, 2.05) is 4.68 Å². The molecule has 1 aliphatic rings. The second-order valence-electron chi connectivity index (χ2n) is 3.95. The molecular formula is C9H11N5S. The Kier molecular flexibility index (Phi) is 2.02. The van der Waals surface area contributed by atoms with E-state index in [1.54, 1.807) is 6.33 Å². The molecule has 0 unspecified atom stereocenters. The minimum Gasteiger partial charge on any atom is -0.329 e. The fraction of sp³-hybridized carbons (Fsp3) is 0.556. The maximum Gasteiger partial charge on any atom is 0.166 e. The SMILES string of the molecule is S=c1nc[nH]c2c1nnn2CCC1CC1. The monoisotopic (exact) mass is 221 g/mol. The number of fused-ring (bicyclic) bond motifs is 1. The molecule has 5 nitrogen and oxygen atoms in total. The van der Waals surface area contributed by atoms with Crippen LogP contribution < -0.4 is 0 Å². The number of aromatic amines is 1. The van der Waals surface area contributed by atoms with Crippen LogP contribution in [-0.2, 0) is 6.54 Å². The third-order valence-corrected chi connectivity index (χ3v) is 3.07. The highest BCUT2D eigenvalue weighted by Crippen LogP contribution is 2.32. The van der Waals surface area contributed by atoms with Gasteiger partial charge >= 0.3 is 0 Å². The van der Waals surface area contributed by atoms with Crippen LogP contribution in [0.3, 0.4) is 0 Å². The van der Waals surface area contributed by atoms with Crippen LogP contribution >= 0.6 is 12.2 Å². The van der Waals surface area contributed by atoms with Crippen molar-refractivity contribution in [2.75, 3.05) is 0 Å². The van der Waals surface area contributed by atoms with Gasteiger partial charge in [0.05, 0.1) is 6.33 Å². The van der Waals surface area contributed by atoms with Crippen molar-refractivity contribution >= 4 is 23.4 Å². The Hall–Kier alpha value is -1.30. The molecule has 15 heavy (non-hydrogen) atoms. The van der Waals surface area contributed by atoms with Crippen molar-refractivity contribution in [3.63, 3.8) is 0 Å². The Balaban J connectivity index is 1.96. The highest BCUT2D eigenvalue weighted by atomic mass is 32.1. The summed E-state index contributed by atoms with van der Waals surface area (Å²) < 4.78 is 2.40. The largest absolute Gasteiger partial charge is 0.329 e. The minimum atomic E-state index is 0.515. The predicted octanol–water partition coefficient (Wildman–Crippen LogP) is 1.68. The lowest BCUT2D eigenvalue weighted by Crippen LogP contribution is -2.02. The number of nitrogens with one attached hydrogen (secondary N) is 1. The highest BCUT2D eigenvalue weighted by molar-refractivity contribution is 7.71. The number of rotatable bonds is 3. The molecule has 0 aromatic carbocycles. The normalized spacial score (nSPS) is 16.0. The zero-order valence-corrected chi connectivity index (χ0v) is 9.00. The lowest BCUT2D eigenvalue weighted by Gasteiger charge is -1.99. The molecule has 1 fully saturated rings. The Morgan fingerprint density at radius 1 is 1.53 bits per heavy atom. The van der Waals surface area contributed by atoms with Gasteiger partial charge in [0, 0.05) is 6.54 Å². The Morgan fingerprint density at radius 2 is 2.40 bits per heavy atom. The molecule has 2 heterocycles. The van der Waals surface area contributed by atoms with E-state index in [-0.39, 0.29) is 0 Å². The minimum absolute atomic E-state index is 0.515. The lowest BCUT2D eigenvalue weighted by atomic mass is 10.3. The van der Waals surface area contributed by atoms with Gasteiger partial charge in [0.15, 0.2) is 15.8 Å². The highest BCUT2D eigenvalue weighted by Gasteiger charge is 2.21. The molecule has 2 aromatic rings. The number of hydrogen-bond donors (Lipinski definition) is 1. The summed E-state index contributed by atoms with van der Waals surface area (Å²) in [6.45, 7) is 0.913. The van der Waals surface area contributed by atoms with E-state index in [4.69, 9.17) is 12.2 Å². The van der Waals surface area contributed by atoms with Gasteiger partial charge in [-0.15, -0.1) is 5.10 Å². The first-order chi connectivity index (χ1) is 7.34. The van der Waals surface area contributed by atoms with Gasteiger partial charge in [0.2, 0.25) is 0 Å². The maximum absolute atomic E-state index is 5.07. The molecular weight excluding hydrogens is 210 g/mol. The summed E-state index contributed by atoms with van der Waals surface area (Å²) in [6.07, 6.45) is 5.51. The second kappa shape index (κ2) is 3.37. The molecule has 1 saturated carbocycles. The first-order valence-corrected chi connectivity index (χ1v) is 5.52. The maximum atomic E-state index is 5.07. The lowest BCUT2D eigenvalue weighted by molar-refractivity contribution is 0.541. The van der Waals surface area contributed by atoms with Crippen LogP contribution in [0.2, 0.25) is 0 Å². The predicted molar refractivity (Wildman–Crippen MR) is 57.8 cm³/mol. The van der Waals surface area contributed by atoms with Crippen LogP contribution in [-0.4, -0.2) is 25.0 Å². The topological polar surface area (TPSA) is 59.4 Å². The Bertz CT molecular complexity index is 539. The summed E-state index contributed by atoms with van der Waals surface area (Å²) in [7, 11) is 0. The first kappa shape index (κ1) is 8.96. The van der Waals surface area contributed by atoms with E-state index in [0.717, 1.165) is 18.1 Å². The summed E-state index contributed by atoms with van der Waals surface area (Å²) >= 11 is 5.07. The number of hydrogen-bond acceptors (Lipinski definition) is 4. The zero-order chi connectivity index (χ0) is 10.3. The molecule has 0 amide bonds. The number of H-pyrrole nitrogens is 1. The first-order valence-electron chi connectivity index (χ1n) is 5.11. The molecule has 0 radical (unpaired) electrons. The van der Waals surface area contributed by atoms with E-state index in [9.17, 15) is 0 Å². The summed E-state index contributed by atoms with van der Waals surface area (Å²) in [5.41, 5.74) is 1.58. The van der Waals surface area contributed by atoms with Crippen molar-refractivity contribution in [2.24, 2.45) is 5.92 Å².